The third-order valence-corrected chi connectivity index (χ3v) is 4.22. The number of hydrogen-bond donors (Lipinski definition) is 1. The van der Waals surface area contributed by atoms with Crippen molar-refractivity contribution in [1.29, 1.82) is 0 Å². The lowest BCUT2D eigenvalue weighted by Crippen LogP contribution is -2.27. The summed E-state index contributed by atoms with van der Waals surface area (Å²) in [5, 5.41) is 0. The van der Waals surface area contributed by atoms with Crippen molar-refractivity contribution in [2.75, 3.05) is 18.0 Å². The predicted molar refractivity (Wildman–Crippen MR) is 72.4 cm³/mol. The number of halogens is 1. The average Bonchev–Trinajstić information content (AvgIpc) is 2.58. The Balaban J connectivity index is 2.17. The molecule has 2 rings (SSSR count). The molecule has 1 aromatic rings. The number of aromatic amines is 1. The lowest BCUT2D eigenvalue weighted by molar-refractivity contribution is 0.459. The van der Waals surface area contributed by atoms with E-state index in [2.05, 4.69) is 37.7 Å². The van der Waals surface area contributed by atoms with Crippen LogP contribution in [-0.2, 0) is 0 Å². The Labute approximate surface area is 110 Å². The van der Waals surface area contributed by atoms with Crippen LogP contribution in [0, 0.1) is 5.92 Å². The Bertz CT molecular complexity index is 432. The molecule has 1 N–H and O–H groups in total. The van der Waals surface area contributed by atoms with Crippen molar-refractivity contribution in [2.24, 2.45) is 5.92 Å². The van der Waals surface area contributed by atoms with Gasteiger partial charge in [0.25, 0.3) is 5.56 Å². The molecule has 1 aliphatic heterocycles. The summed E-state index contributed by atoms with van der Waals surface area (Å²) in [6, 6.07) is 0. The first-order valence-electron chi connectivity index (χ1n) is 6.20. The molecule has 0 bridgehead atoms. The van der Waals surface area contributed by atoms with Crippen LogP contribution in [0.5, 0.6) is 0 Å². The minimum Gasteiger partial charge on any atom is -0.355 e. The third kappa shape index (κ3) is 2.89. The molecule has 17 heavy (non-hydrogen) atoms. The number of rotatable bonds is 2. The Morgan fingerprint density at radius 3 is 3.12 bits per heavy atom. The summed E-state index contributed by atoms with van der Waals surface area (Å²) in [7, 11) is 0. The minimum atomic E-state index is -0.105. The second kappa shape index (κ2) is 5.67. The summed E-state index contributed by atoms with van der Waals surface area (Å²) >= 11 is 3.33. The zero-order chi connectivity index (χ0) is 12.3. The molecule has 0 amide bonds. The van der Waals surface area contributed by atoms with Crippen molar-refractivity contribution in [3.8, 4) is 0 Å². The second-order valence-electron chi connectivity index (χ2n) is 4.56. The monoisotopic (exact) mass is 299 g/mol. The van der Waals surface area contributed by atoms with Gasteiger partial charge in [-0.3, -0.25) is 4.79 Å². The van der Waals surface area contributed by atoms with Crippen LogP contribution in [0.3, 0.4) is 0 Å². The summed E-state index contributed by atoms with van der Waals surface area (Å²) in [4.78, 5) is 20.6. The first-order chi connectivity index (χ1) is 8.22. The van der Waals surface area contributed by atoms with E-state index in [1.807, 2.05) is 0 Å². The number of H-pyrrole nitrogens is 1. The van der Waals surface area contributed by atoms with Crippen molar-refractivity contribution in [2.45, 2.75) is 32.6 Å². The Hall–Kier alpha value is -0.840. The standard InChI is InChI=1S/C12H18BrN3O/c1-2-9-4-3-6-16(7-5-9)11-10(13)12(17)15-8-14-11/h8-9H,2-7H2,1H3,(H,14,15,17). The van der Waals surface area contributed by atoms with E-state index in [4.69, 9.17) is 0 Å². The van der Waals surface area contributed by atoms with Crippen molar-refractivity contribution >= 4 is 21.7 Å². The molecule has 0 aromatic carbocycles. The van der Waals surface area contributed by atoms with Crippen LogP contribution in [0.15, 0.2) is 15.6 Å². The molecule has 94 valence electrons. The Morgan fingerprint density at radius 2 is 2.35 bits per heavy atom. The van der Waals surface area contributed by atoms with Crippen LogP contribution >= 0.6 is 15.9 Å². The van der Waals surface area contributed by atoms with Crippen molar-refractivity contribution in [3.63, 3.8) is 0 Å². The van der Waals surface area contributed by atoms with Crippen molar-refractivity contribution in [1.82, 2.24) is 9.97 Å². The molecule has 1 fully saturated rings. The van der Waals surface area contributed by atoms with E-state index in [0.29, 0.717) is 4.47 Å². The van der Waals surface area contributed by atoms with E-state index in [0.717, 1.165) is 24.8 Å². The maximum absolute atomic E-state index is 11.5. The fourth-order valence-corrected chi connectivity index (χ4v) is 2.85. The smallest absolute Gasteiger partial charge is 0.267 e. The van der Waals surface area contributed by atoms with Crippen LogP contribution in [-0.4, -0.2) is 23.1 Å². The van der Waals surface area contributed by atoms with Crippen LogP contribution in [0.25, 0.3) is 0 Å². The minimum absolute atomic E-state index is 0.105. The highest BCUT2D eigenvalue weighted by Gasteiger charge is 2.19. The first-order valence-corrected chi connectivity index (χ1v) is 6.99. The quantitative estimate of drug-likeness (QED) is 0.913. The normalized spacial score (nSPS) is 21.3. The molecule has 1 aromatic heterocycles. The fraction of sp³-hybridized carbons (Fsp3) is 0.667. The predicted octanol–water partition coefficient (Wildman–Crippen LogP) is 2.55. The third-order valence-electron chi connectivity index (χ3n) is 3.50. The number of anilines is 1. The maximum Gasteiger partial charge on any atom is 0.267 e. The molecular weight excluding hydrogens is 282 g/mol. The summed E-state index contributed by atoms with van der Waals surface area (Å²) in [5.41, 5.74) is -0.105. The van der Waals surface area contributed by atoms with Gasteiger partial charge in [-0.25, -0.2) is 4.98 Å². The van der Waals surface area contributed by atoms with E-state index in [1.165, 1.54) is 32.0 Å². The number of aromatic nitrogens is 2. The molecule has 1 unspecified atom stereocenters. The van der Waals surface area contributed by atoms with E-state index in [-0.39, 0.29) is 5.56 Å². The molecule has 1 aliphatic rings. The topological polar surface area (TPSA) is 49.0 Å². The first kappa shape index (κ1) is 12.6. The molecule has 0 spiro atoms. The lowest BCUT2D eigenvalue weighted by Gasteiger charge is -2.22. The second-order valence-corrected chi connectivity index (χ2v) is 5.35. The molecule has 5 heteroatoms. The molecule has 4 nitrogen and oxygen atoms in total. The van der Waals surface area contributed by atoms with Gasteiger partial charge in [0.1, 0.15) is 10.3 Å². The van der Waals surface area contributed by atoms with Crippen LogP contribution in [0.4, 0.5) is 5.82 Å². The maximum atomic E-state index is 11.5. The number of nitrogens with zero attached hydrogens (tertiary/aromatic N) is 2. The average molecular weight is 300 g/mol. The summed E-state index contributed by atoms with van der Waals surface area (Å²) < 4.78 is 0.551. The molecule has 1 atom stereocenters. The fourth-order valence-electron chi connectivity index (χ4n) is 2.38. The van der Waals surface area contributed by atoms with Gasteiger partial charge < -0.3 is 9.88 Å². The van der Waals surface area contributed by atoms with Gasteiger partial charge in [-0.05, 0) is 41.1 Å². The highest BCUT2D eigenvalue weighted by molar-refractivity contribution is 9.10. The Kier molecular flexibility index (Phi) is 4.20. The molecule has 2 heterocycles. The van der Waals surface area contributed by atoms with E-state index >= 15 is 0 Å². The Morgan fingerprint density at radius 1 is 1.53 bits per heavy atom. The van der Waals surface area contributed by atoms with Gasteiger partial charge in [-0.1, -0.05) is 13.3 Å². The van der Waals surface area contributed by atoms with Crippen LogP contribution in [0.2, 0.25) is 0 Å². The number of nitrogens with one attached hydrogen (secondary N) is 1. The zero-order valence-corrected chi connectivity index (χ0v) is 11.7. The van der Waals surface area contributed by atoms with Gasteiger partial charge >= 0.3 is 0 Å². The zero-order valence-electron chi connectivity index (χ0n) is 10.1. The molecule has 1 saturated heterocycles. The van der Waals surface area contributed by atoms with Gasteiger partial charge in [-0.15, -0.1) is 0 Å². The van der Waals surface area contributed by atoms with Crippen molar-refractivity contribution in [3.05, 3.63) is 21.2 Å². The largest absolute Gasteiger partial charge is 0.355 e. The van der Waals surface area contributed by atoms with Crippen molar-refractivity contribution < 1.29 is 0 Å². The van der Waals surface area contributed by atoms with Crippen LogP contribution < -0.4 is 10.5 Å². The van der Waals surface area contributed by atoms with Gasteiger partial charge in [0.05, 0.1) is 6.33 Å². The van der Waals surface area contributed by atoms with Gasteiger partial charge in [0, 0.05) is 13.1 Å². The van der Waals surface area contributed by atoms with Gasteiger partial charge in [0.2, 0.25) is 0 Å². The van der Waals surface area contributed by atoms with E-state index in [9.17, 15) is 4.79 Å². The van der Waals surface area contributed by atoms with Gasteiger partial charge in [-0.2, -0.15) is 0 Å². The molecular formula is C12H18BrN3O. The summed E-state index contributed by atoms with van der Waals surface area (Å²) in [6.07, 6.45) is 6.38. The summed E-state index contributed by atoms with van der Waals surface area (Å²) in [6.45, 7) is 4.24. The number of hydrogen-bond acceptors (Lipinski definition) is 3. The van der Waals surface area contributed by atoms with Gasteiger partial charge in [0.15, 0.2) is 0 Å². The SMILES string of the molecule is CCC1CCCN(c2nc[nH]c(=O)c2Br)CC1. The highest BCUT2D eigenvalue weighted by Crippen LogP contribution is 2.25. The molecule has 0 aliphatic carbocycles. The van der Waals surface area contributed by atoms with E-state index < -0.39 is 0 Å². The van der Waals surface area contributed by atoms with E-state index in [1.54, 1.807) is 0 Å². The lowest BCUT2D eigenvalue weighted by atomic mass is 9.98. The van der Waals surface area contributed by atoms with Crippen LogP contribution in [0.1, 0.15) is 32.6 Å². The summed E-state index contributed by atoms with van der Waals surface area (Å²) in [5.74, 6) is 1.60. The molecule has 0 saturated carbocycles. The highest BCUT2D eigenvalue weighted by atomic mass is 79.9. The molecule has 0 radical (unpaired) electrons.